The lowest BCUT2D eigenvalue weighted by atomic mass is 10.1. The van der Waals surface area contributed by atoms with Gasteiger partial charge in [-0.25, -0.2) is 10.4 Å². The van der Waals surface area contributed by atoms with Gasteiger partial charge in [-0.05, 0) is 30.2 Å². The predicted octanol–water partition coefficient (Wildman–Crippen LogP) is 2.04. The molecule has 3 nitrogen and oxygen atoms in total. The summed E-state index contributed by atoms with van der Waals surface area (Å²) < 4.78 is 5.37. The van der Waals surface area contributed by atoms with Gasteiger partial charge in [0.2, 0.25) is 0 Å². The number of rotatable bonds is 4. The van der Waals surface area contributed by atoms with Crippen molar-refractivity contribution < 1.29 is 4.74 Å². The molecule has 3 rings (SSSR count). The lowest BCUT2D eigenvalue weighted by Crippen LogP contribution is -2.47. The van der Waals surface area contributed by atoms with E-state index in [-0.39, 0.29) is 0 Å². The largest absolute Gasteiger partial charge is 0.379 e. The van der Waals surface area contributed by atoms with Crippen LogP contribution in [0.4, 0.5) is 0 Å². The standard InChI is InChI=1S/C12H18N2OS/c1-2-11(16-9-1)12(10-3-4-10)13-14-5-7-15-8-6-14/h1-2,9-10,12-13H,3-8H2. The highest BCUT2D eigenvalue weighted by Gasteiger charge is 2.34. The van der Waals surface area contributed by atoms with Gasteiger partial charge >= 0.3 is 0 Å². The van der Waals surface area contributed by atoms with Gasteiger partial charge in [0.1, 0.15) is 0 Å². The zero-order valence-electron chi connectivity index (χ0n) is 9.39. The Labute approximate surface area is 100 Å². The molecule has 0 bridgehead atoms. The van der Waals surface area contributed by atoms with Crippen molar-refractivity contribution in [3.05, 3.63) is 22.4 Å². The molecule has 0 amide bonds. The maximum atomic E-state index is 5.37. The van der Waals surface area contributed by atoms with E-state index < -0.39 is 0 Å². The Morgan fingerprint density at radius 3 is 2.81 bits per heavy atom. The highest BCUT2D eigenvalue weighted by atomic mass is 32.1. The van der Waals surface area contributed by atoms with E-state index in [1.807, 2.05) is 11.3 Å². The summed E-state index contributed by atoms with van der Waals surface area (Å²) in [5, 5.41) is 4.50. The Hall–Kier alpha value is -0.420. The lowest BCUT2D eigenvalue weighted by molar-refractivity contribution is 0.00165. The molecule has 88 valence electrons. The minimum atomic E-state index is 0.540. The monoisotopic (exact) mass is 238 g/mol. The predicted molar refractivity (Wildman–Crippen MR) is 65.3 cm³/mol. The van der Waals surface area contributed by atoms with Crippen molar-refractivity contribution in [2.45, 2.75) is 18.9 Å². The van der Waals surface area contributed by atoms with Gasteiger partial charge in [-0.15, -0.1) is 11.3 Å². The highest BCUT2D eigenvalue weighted by Crippen LogP contribution is 2.42. The van der Waals surface area contributed by atoms with Crippen LogP contribution < -0.4 is 5.43 Å². The minimum absolute atomic E-state index is 0.540. The minimum Gasteiger partial charge on any atom is -0.379 e. The molecule has 1 aliphatic heterocycles. The van der Waals surface area contributed by atoms with E-state index in [0.717, 1.165) is 32.2 Å². The number of nitrogens with one attached hydrogen (secondary N) is 1. The Kier molecular flexibility index (Phi) is 3.24. The van der Waals surface area contributed by atoms with E-state index in [1.165, 1.54) is 17.7 Å². The Balaban J connectivity index is 1.64. The first-order valence-corrected chi connectivity index (χ1v) is 6.94. The summed E-state index contributed by atoms with van der Waals surface area (Å²) in [4.78, 5) is 1.48. The average molecular weight is 238 g/mol. The zero-order valence-corrected chi connectivity index (χ0v) is 10.2. The van der Waals surface area contributed by atoms with Crippen molar-refractivity contribution in [1.29, 1.82) is 0 Å². The van der Waals surface area contributed by atoms with Crippen molar-refractivity contribution >= 4 is 11.3 Å². The van der Waals surface area contributed by atoms with Crippen LogP contribution in [0, 0.1) is 5.92 Å². The maximum Gasteiger partial charge on any atom is 0.0608 e. The van der Waals surface area contributed by atoms with Crippen LogP contribution in [-0.2, 0) is 4.74 Å². The first-order chi connectivity index (χ1) is 7.93. The van der Waals surface area contributed by atoms with Crippen molar-refractivity contribution in [2.75, 3.05) is 26.3 Å². The topological polar surface area (TPSA) is 24.5 Å². The molecular weight excluding hydrogens is 220 g/mol. The molecule has 16 heavy (non-hydrogen) atoms. The number of nitrogens with zero attached hydrogens (tertiary/aromatic N) is 1. The Morgan fingerprint density at radius 1 is 1.38 bits per heavy atom. The molecule has 1 saturated carbocycles. The van der Waals surface area contributed by atoms with Crippen molar-refractivity contribution in [2.24, 2.45) is 5.92 Å². The molecule has 2 heterocycles. The third-order valence-electron chi connectivity index (χ3n) is 3.28. The van der Waals surface area contributed by atoms with Gasteiger partial charge in [0.05, 0.1) is 19.3 Å². The molecule has 4 heteroatoms. The summed E-state index contributed by atoms with van der Waals surface area (Å²) in [6.45, 7) is 3.73. The van der Waals surface area contributed by atoms with E-state index in [4.69, 9.17) is 4.74 Å². The van der Waals surface area contributed by atoms with Crippen LogP contribution in [0.5, 0.6) is 0 Å². The van der Waals surface area contributed by atoms with E-state index in [9.17, 15) is 0 Å². The van der Waals surface area contributed by atoms with Crippen LogP contribution in [0.3, 0.4) is 0 Å². The third-order valence-corrected chi connectivity index (χ3v) is 4.23. The number of thiophene rings is 1. The smallest absolute Gasteiger partial charge is 0.0608 e. The Morgan fingerprint density at radius 2 is 2.19 bits per heavy atom. The lowest BCUT2D eigenvalue weighted by Gasteiger charge is -2.31. The van der Waals surface area contributed by atoms with Gasteiger partial charge in [-0.1, -0.05) is 6.07 Å². The zero-order chi connectivity index (χ0) is 10.8. The van der Waals surface area contributed by atoms with E-state index in [1.54, 1.807) is 0 Å². The number of hydrogen-bond donors (Lipinski definition) is 1. The second-order valence-electron chi connectivity index (χ2n) is 4.56. The number of ether oxygens (including phenoxy) is 1. The second-order valence-corrected chi connectivity index (χ2v) is 5.54. The number of hydrazine groups is 1. The summed E-state index contributed by atoms with van der Waals surface area (Å²) >= 11 is 1.87. The van der Waals surface area contributed by atoms with Crippen molar-refractivity contribution in [3.8, 4) is 0 Å². The van der Waals surface area contributed by atoms with Crippen LogP contribution in [0.15, 0.2) is 17.5 Å². The van der Waals surface area contributed by atoms with Gasteiger partial charge in [0.25, 0.3) is 0 Å². The van der Waals surface area contributed by atoms with Gasteiger partial charge < -0.3 is 4.74 Å². The third kappa shape index (κ3) is 2.46. The molecule has 2 aliphatic rings. The van der Waals surface area contributed by atoms with Crippen molar-refractivity contribution in [1.82, 2.24) is 10.4 Å². The maximum absolute atomic E-state index is 5.37. The van der Waals surface area contributed by atoms with E-state index in [0.29, 0.717) is 6.04 Å². The normalized spacial score (nSPS) is 24.5. The highest BCUT2D eigenvalue weighted by molar-refractivity contribution is 7.10. The van der Waals surface area contributed by atoms with Crippen LogP contribution in [0.1, 0.15) is 23.8 Å². The first kappa shape index (κ1) is 10.7. The van der Waals surface area contributed by atoms with Gasteiger partial charge in [-0.3, -0.25) is 0 Å². The summed E-state index contributed by atoms with van der Waals surface area (Å²) in [5.41, 5.74) is 3.68. The van der Waals surface area contributed by atoms with Gasteiger partial charge in [-0.2, -0.15) is 0 Å². The molecule has 1 N–H and O–H groups in total. The molecule has 0 aromatic carbocycles. The quantitative estimate of drug-likeness (QED) is 0.868. The number of hydrogen-bond acceptors (Lipinski definition) is 4. The van der Waals surface area contributed by atoms with Crippen LogP contribution >= 0.6 is 11.3 Å². The summed E-state index contributed by atoms with van der Waals surface area (Å²) in [5.74, 6) is 0.849. The molecule has 1 saturated heterocycles. The Bertz CT molecular complexity index is 318. The molecule has 0 spiro atoms. The molecule has 0 radical (unpaired) electrons. The average Bonchev–Trinajstić information content (AvgIpc) is 3.02. The fourth-order valence-electron chi connectivity index (χ4n) is 2.19. The number of morpholine rings is 1. The molecule has 1 aromatic heterocycles. The molecule has 2 fully saturated rings. The van der Waals surface area contributed by atoms with Crippen LogP contribution in [-0.4, -0.2) is 31.3 Å². The summed E-state index contributed by atoms with van der Waals surface area (Å²) in [7, 11) is 0. The van der Waals surface area contributed by atoms with Gasteiger partial charge in [0, 0.05) is 18.0 Å². The molecule has 1 atom stereocenters. The SMILES string of the molecule is c1csc(C(NN2CCOCC2)C2CC2)c1. The molecular formula is C12H18N2OS. The summed E-state index contributed by atoms with van der Waals surface area (Å²) in [6, 6.07) is 4.94. The van der Waals surface area contributed by atoms with Crippen molar-refractivity contribution in [3.63, 3.8) is 0 Å². The van der Waals surface area contributed by atoms with Crippen LogP contribution in [0.2, 0.25) is 0 Å². The fraction of sp³-hybridized carbons (Fsp3) is 0.667. The second kappa shape index (κ2) is 4.84. The van der Waals surface area contributed by atoms with Gasteiger partial charge in [0.15, 0.2) is 0 Å². The van der Waals surface area contributed by atoms with E-state index >= 15 is 0 Å². The molecule has 1 aromatic rings. The summed E-state index contributed by atoms with van der Waals surface area (Å²) in [6.07, 6.45) is 2.75. The molecule has 1 unspecified atom stereocenters. The molecule has 1 aliphatic carbocycles. The van der Waals surface area contributed by atoms with Crippen LogP contribution in [0.25, 0.3) is 0 Å². The fourth-order valence-corrected chi connectivity index (χ4v) is 3.05. The van der Waals surface area contributed by atoms with E-state index in [2.05, 4.69) is 27.9 Å². The first-order valence-electron chi connectivity index (χ1n) is 6.06.